The highest BCUT2D eigenvalue weighted by molar-refractivity contribution is 7.99. The van der Waals surface area contributed by atoms with Gasteiger partial charge in [-0.25, -0.2) is 4.79 Å². The zero-order valence-corrected chi connectivity index (χ0v) is 12.2. The second-order valence-corrected chi connectivity index (χ2v) is 6.10. The Balaban J connectivity index is 2.37. The van der Waals surface area contributed by atoms with Gasteiger partial charge >= 0.3 is 5.97 Å². The van der Waals surface area contributed by atoms with Crippen LogP contribution in [0.5, 0.6) is 0 Å². The molecule has 3 nitrogen and oxygen atoms in total. The largest absolute Gasteiger partial charge is 0.478 e. The Bertz CT molecular complexity index is 440. The van der Waals surface area contributed by atoms with Crippen LogP contribution < -0.4 is 4.90 Å². The van der Waals surface area contributed by atoms with Gasteiger partial charge in [0.25, 0.3) is 0 Å². The summed E-state index contributed by atoms with van der Waals surface area (Å²) in [6.07, 6.45) is 4.82. The minimum atomic E-state index is -0.809. The molecule has 1 aliphatic heterocycles. The summed E-state index contributed by atoms with van der Waals surface area (Å²) in [4.78, 5) is 14.7. The summed E-state index contributed by atoms with van der Waals surface area (Å²) in [6, 6.07) is 5.85. The van der Waals surface area contributed by atoms with Crippen molar-refractivity contribution in [2.24, 2.45) is 0 Å². The molecule has 0 aromatic heterocycles. The number of rotatable bonds is 4. The molecular formula is C15H21NO2S. The lowest BCUT2D eigenvalue weighted by atomic mass is 10.1. The van der Waals surface area contributed by atoms with Gasteiger partial charge < -0.3 is 10.0 Å². The van der Waals surface area contributed by atoms with Gasteiger partial charge in [0.2, 0.25) is 0 Å². The summed E-state index contributed by atoms with van der Waals surface area (Å²) in [5.74, 6) is 0.0831. The fourth-order valence-electron chi connectivity index (χ4n) is 2.59. The highest BCUT2D eigenvalue weighted by atomic mass is 32.2. The zero-order chi connectivity index (χ0) is 13.7. The average molecular weight is 279 g/mol. The van der Waals surface area contributed by atoms with Crippen LogP contribution in [0.15, 0.2) is 23.1 Å². The normalized spacial score (nSPS) is 16.2. The minimum Gasteiger partial charge on any atom is -0.478 e. The van der Waals surface area contributed by atoms with Gasteiger partial charge in [-0.05, 0) is 30.7 Å². The lowest BCUT2D eigenvalue weighted by Gasteiger charge is -2.25. The van der Waals surface area contributed by atoms with Crippen molar-refractivity contribution in [3.05, 3.63) is 23.8 Å². The van der Waals surface area contributed by atoms with Gasteiger partial charge in [0.1, 0.15) is 0 Å². The van der Waals surface area contributed by atoms with Crippen molar-refractivity contribution in [1.29, 1.82) is 0 Å². The highest BCUT2D eigenvalue weighted by Gasteiger charge is 2.20. The Hall–Kier alpha value is -1.16. The number of carboxylic acids is 1. The molecule has 4 heteroatoms. The molecule has 0 saturated carbocycles. The minimum absolute atomic E-state index is 0.483. The third kappa shape index (κ3) is 3.44. The van der Waals surface area contributed by atoms with Crippen molar-refractivity contribution >= 4 is 23.4 Å². The van der Waals surface area contributed by atoms with Gasteiger partial charge in [-0.15, -0.1) is 11.8 Å². The lowest BCUT2D eigenvalue weighted by molar-refractivity contribution is 0.0694. The molecule has 0 radical (unpaired) electrons. The molecular weight excluding hydrogens is 258 g/mol. The van der Waals surface area contributed by atoms with Gasteiger partial charge in [0.05, 0.1) is 11.3 Å². The molecule has 0 unspecified atom stereocenters. The topological polar surface area (TPSA) is 40.5 Å². The van der Waals surface area contributed by atoms with Gasteiger partial charge in [0, 0.05) is 18.0 Å². The molecule has 1 aliphatic rings. The van der Waals surface area contributed by atoms with Gasteiger partial charge in [-0.2, -0.15) is 0 Å². The first-order chi connectivity index (χ1) is 9.24. The van der Waals surface area contributed by atoms with E-state index in [0.29, 0.717) is 5.56 Å². The summed E-state index contributed by atoms with van der Waals surface area (Å²) in [7, 11) is 0. The summed E-state index contributed by atoms with van der Waals surface area (Å²) < 4.78 is 0. The van der Waals surface area contributed by atoms with E-state index in [-0.39, 0.29) is 0 Å². The van der Waals surface area contributed by atoms with Crippen molar-refractivity contribution in [3.63, 3.8) is 0 Å². The molecule has 0 atom stereocenters. The molecule has 0 spiro atoms. The van der Waals surface area contributed by atoms with E-state index in [0.717, 1.165) is 42.3 Å². The Morgan fingerprint density at radius 3 is 2.53 bits per heavy atom. The molecule has 104 valence electrons. The van der Waals surface area contributed by atoms with Crippen molar-refractivity contribution in [2.45, 2.75) is 37.5 Å². The number of hydrogen-bond acceptors (Lipinski definition) is 3. The molecule has 0 bridgehead atoms. The van der Waals surface area contributed by atoms with Crippen molar-refractivity contribution < 1.29 is 9.90 Å². The van der Waals surface area contributed by atoms with Crippen LogP contribution in [-0.4, -0.2) is 29.9 Å². The molecule has 1 saturated heterocycles. The smallest absolute Gasteiger partial charge is 0.338 e. The quantitative estimate of drug-likeness (QED) is 0.849. The van der Waals surface area contributed by atoms with Crippen molar-refractivity contribution in [1.82, 2.24) is 0 Å². The van der Waals surface area contributed by atoms with Crippen molar-refractivity contribution in [2.75, 3.05) is 23.7 Å². The molecule has 1 heterocycles. The first kappa shape index (κ1) is 14.3. The zero-order valence-electron chi connectivity index (χ0n) is 11.4. The fraction of sp³-hybridized carbons (Fsp3) is 0.533. The van der Waals surface area contributed by atoms with Crippen LogP contribution >= 0.6 is 11.8 Å². The van der Waals surface area contributed by atoms with E-state index in [4.69, 9.17) is 0 Å². The maximum absolute atomic E-state index is 11.6. The Labute approximate surface area is 119 Å². The number of hydrogen-bond donors (Lipinski definition) is 1. The van der Waals surface area contributed by atoms with E-state index >= 15 is 0 Å². The summed E-state index contributed by atoms with van der Waals surface area (Å²) in [5, 5.41) is 9.53. The van der Waals surface area contributed by atoms with Gasteiger partial charge in [-0.3, -0.25) is 0 Å². The lowest BCUT2D eigenvalue weighted by Crippen LogP contribution is -2.26. The molecule has 2 rings (SSSR count). The third-order valence-electron chi connectivity index (χ3n) is 3.46. The number of nitrogens with zero attached hydrogens (tertiary/aromatic N) is 1. The maximum atomic E-state index is 11.6. The Morgan fingerprint density at radius 1 is 1.26 bits per heavy atom. The first-order valence-electron chi connectivity index (χ1n) is 6.98. The summed E-state index contributed by atoms with van der Waals surface area (Å²) in [5.41, 5.74) is 1.38. The van der Waals surface area contributed by atoms with Crippen LogP contribution in [0.2, 0.25) is 0 Å². The third-order valence-corrected chi connectivity index (χ3v) is 4.40. The number of benzene rings is 1. The van der Waals surface area contributed by atoms with Crippen LogP contribution in [0.3, 0.4) is 0 Å². The van der Waals surface area contributed by atoms with E-state index in [1.807, 2.05) is 18.2 Å². The number of carboxylic acid groups (broad SMARTS) is 1. The number of carbonyl (C=O) groups is 1. The Kier molecular flexibility index (Phi) is 5.14. The molecule has 1 aromatic rings. The second-order valence-electron chi connectivity index (χ2n) is 4.79. The molecule has 1 N–H and O–H groups in total. The molecule has 19 heavy (non-hydrogen) atoms. The van der Waals surface area contributed by atoms with E-state index in [2.05, 4.69) is 11.8 Å². The van der Waals surface area contributed by atoms with Crippen LogP contribution in [0.1, 0.15) is 43.0 Å². The summed E-state index contributed by atoms with van der Waals surface area (Å²) >= 11 is 1.61. The van der Waals surface area contributed by atoms with Gasteiger partial charge in [0.15, 0.2) is 0 Å². The fourth-order valence-corrected chi connectivity index (χ4v) is 3.41. The van der Waals surface area contributed by atoms with E-state index in [1.165, 1.54) is 12.8 Å². The first-order valence-corrected chi connectivity index (χ1v) is 7.96. The number of thioether (sulfide) groups is 1. The monoisotopic (exact) mass is 279 g/mol. The maximum Gasteiger partial charge on any atom is 0.338 e. The van der Waals surface area contributed by atoms with Crippen molar-refractivity contribution in [3.8, 4) is 0 Å². The average Bonchev–Trinajstić information content (AvgIpc) is 2.67. The molecule has 1 fully saturated rings. The number of anilines is 1. The second kappa shape index (κ2) is 6.85. The van der Waals surface area contributed by atoms with E-state index in [1.54, 1.807) is 11.8 Å². The van der Waals surface area contributed by atoms with Crippen LogP contribution in [-0.2, 0) is 0 Å². The molecule has 1 aromatic carbocycles. The Morgan fingerprint density at radius 2 is 1.95 bits per heavy atom. The predicted octanol–water partition coefficient (Wildman–Crippen LogP) is 3.88. The van der Waals surface area contributed by atoms with Crippen LogP contribution in [0, 0.1) is 0 Å². The standard InChI is InChI=1S/C15H21NO2S/c1-2-19-13-9-7-8-12(14(13)15(17)18)16-10-5-3-4-6-11-16/h7-9H,2-6,10-11H2,1H3,(H,17,18). The van der Waals surface area contributed by atoms with E-state index in [9.17, 15) is 9.90 Å². The van der Waals surface area contributed by atoms with Crippen LogP contribution in [0.4, 0.5) is 5.69 Å². The molecule has 0 aliphatic carbocycles. The highest BCUT2D eigenvalue weighted by Crippen LogP contribution is 2.32. The molecule has 0 amide bonds. The summed E-state index contributed by atoms with van der Waals surface area (Å²) in [6.45, 7) is 4.00. The van der Waals surface area contributed by atoms with Gasteiger partial charge in [-0.1, -0.05) is 25.8 Å². The van der Waals surface area contributed by atoms with Crippen LogP contribution in [0.25, 0.3) is 0 Å². The van der Waals surface area contributed by atoms with E-state index < -0.39 is 5.97 Å². The predicted molar refractivity (Wildman–Crippen MR) is 80.5 cm³/mol. The SMILES string of the molecule is CCSc1cccc(N2CCCCCC2)c1C(=O)O. The number of aromatic carboxylic acids is 1.